The lowest BCUT2D eigenvalue weighted by Gasteiger charge is -2.21. The predicted octanol–water partition coefficient (Wildman–Crippen LogP) is 3.04. The first-order valence-corrected chi connectivity index (χ1v) is 6.14. The van der Waals surface area contributed by atoms with Crippen LogP contribution in [0.2, 0.25) is 0 Å². The van der Waals surface area contributed by atoms with Crippen LogP contribution in [0.4, 0.5) is 0 Å². The third kappa shape index (κ3) is 2.23. The minimum absolute atomic E-state index is 0.108. The van der Waals surface area contributed by atoms with Crippen LogP contribution < -0.4 is 0 Å². The van der Waals surface area contributed by atoms with Gasteiger partial charge in [-0.25, -0.2) is 0 Å². The Morgan fingerprint density at radius 2 is 2.07 bits per heavy atom. The Hall–Kier alpha value is -0.420. The second-order valence-electron chi connectivity index (χ2n) is 4.02. The number of carbonyl (C=O) groups is 1. The lowest BCUT2D eigenvalue weighted by molar-refractivity contribution is 0.0213. The highest BCUT2D eigenvalue weighted by molar-refractivity contribution is 14.1. The van der Waals surface area contributed by atoms with Crippen LogP contribution in [-0.4, -0.2) is 18.0 Å². The van der Waals surface area contributed by atoms with Crippen molar-refractivity contribution in [2.45, 2.75) is 25.4 Å². The molecule has 2 rings (SSSR count). The van der Waals surface area contributed by atoms with E-state index in [1.54, 1.807) is 0 Å². The van der Waals surface area contributed by atoms with E-state index in [2.05, 4.69) is 22.6 Å². The Balaban J connectivity index is 2.24. The summed E-state index contributed by atoms with van der Waals surface area (Å²) in [5, 5.41) is 0. The molecular formula is C12H13IO2. The number of hydrogen-bond donors (Lipinski definition) is 0. The van der Waals surface area contributed by atoms with Crippen LogP contribution in [0.1, 0.15) is 30.1 Å². The maximum absolute atomic E-state index is 12.2. The van der Waals surface area contributed by atoms with Gasteiger partial charge in [-0.15, -0.1) is 0 Å². The molecule has 1 aliphatic heterocycles. The SMILES string of the molecule is CC1(C(=O)c2ccc(I)cc2)CCCO1. The van der Waals surface area contributed by atoms with Crippen LogP contribution in [0, 0.1) is 3.57 Å². The number of halogens is 1. The summed E-state index contributed by atoms with van der Waals surface area (Å²) >= 11 is 2.23. The fourth-order valence-electron chi connectivity index (χ4n) is 1.86. The summed E-state index contributed by atoms with van der Waals surface area (Å²) in [6.45, 7) is 2.59. The van der Waals surface area contributed by atoms with Gasteiger partial charge in [0.05, 0.1) is 0 Å². The lowest BCUT2D eigenvalue weighted by Crippen LogP contribution is -2.34. The topological polar surface area (TPSA) is 26.3 Å². The molecule has 0 amide bonds. The highest BCUT2D eigenvalue weighted by atomic mass is 127. The molecule has 1 unspecified atom stereocenters. The van der Waals surface area contributed by atoms with E-state index in [0.29, 0.717) is 6.61 Å². The number of ketones is 1. The summed E-state index contributed by atoms with van der Waals surface area (Å²) in [6.07, 6.45) is 1.81. The van der Waals surface area contributed by atoms with Gasteiger partial charge in [-0.1, -0.05) is 12.1 Å². The first-order chi connectivity index (χ1) is 7.12. The van der Waals surface area contributed by atoms with E-state index in [9.17, 15) is 4.79 Å². The average molecular weight is 316 g/mol. The largest absolute Gasteiger partial charge is 0.367 e. The monoisotopic (exact) mass is 316 g/mol. The maximum atomic E-state index is 12.2. The van der Waals surface area contributed by atoms with Gasteiger partial charge in [-0.05, 0) is 54.5 Å². The van der Waals surface area contributed by atoms with Gasteiger partial charge in [0.25, 0.3) is 0 Å². The van der Waals surface area contributed by atoms with Gasteiger partial charge >= 0.3 is 0 Å². The van der Waals surface area contributed by atoms with Crippen molar-refractivity contribution in [1.29, 1.82) is 0 Å². The molecule has 0 spiro atoms. The van der Waals surface area contributed by atoms with Crippen molar-refractivity contribution in [3.05, 3.63) is 33.4 Å². The minimum atomic E-state index is -0.590. The molecule has 0 bridgehead atoms. The second-order valence-corrected chi connectivity index (χ2v) is 5.26. The number of ether oxygens (including phenoxy) is 1. The molecule has 80 valence electrons. The van der Waals surface area contributed by atoms with Crippen LogP contribution in [-0.2, 0) is 4.74 Å². The number of hydrogen-bond acceptors (Lipinski definition) is 2. The van der Waals surface area contributed by atoms with Crippen molar-refractivity contribution < 1.29 is 9.53 Å². The highest BCUT2D eigenvalue weighted by Crippen LogP contribution is 2.29. The zero-order valence-corrected chi connectivity index (χ0v) is 10.8. The van der Waals surface area contributed by atoms with Gasteiger partial charge in [-0.2, -0.15) is 0 Å². The normalized spacial score (nSPS) is 25.5. The van der Waals surface area contributed by atoms with Gasteiger partial charge in [0.15, 0.2) is 5.78 Å². The van der Waals surface area contributed by atoms with Gasteiger partial charge in [-0.3, -0.25) is 4.79 Å². The number of rotatable bonds is 2. The van der Waals surface area contributed by atoms with Crippen molar-refractivity contribution in [2.24, 2.45) is 0 Å². The fraction of sp³-hybridized carbons (Fsp3) is 0.417. The number of Topliss-reactive ketones (excluding diaryl/α,β-unsaturated/α-hetero) is 1. The number of carbonyl (C=O) groups excluding carboxylic acids is 1. The molecule has 1 aromatic carbocycles. The second kappa shape index (κ2) is 4.22. The van der Waals surface area contributed by atoms with Crippen LogP contribution in [0.25, 0.3) is 0 Å². The quantitative estimate of drug-likeness (QED) is 0.619. The molecule has 0 radical (unpaired) electrons. The first kappa shape index (κ1) is 11.1. The van der Waals surface area contributed by atoms with E-state index < -0.39 is 5.60 Å². The molecule has 1 aliphatic rings. The van der Waals surface area contributed by atoms with Crippen molar-refractivity contribution in [3.63, 3.8) is 0 Å². The third-order valence-electron chi connectivity index (χ3n) is 2.81. The number of benzene rings is 1. The van der Waals surface area contributed by atoms with Gasteiger partial charge in [0.2, 0.25) is 0 Å². The molecule has 0 aliphatic carbocycles. The molecule has 2 nitrogen and oxygen atoms in total. The van der Waals surface area contributed by atoms with E-state index >= 15 is 0 Å². The Kier molecular flexibility index (Phi) is 3.11. The molecule has 1 fully saturated rings. The van der Waals surface area contributed by atoms with E-state index in [1.165, 1.54) is 0 Å². The van der Waals surface area contributed by atoms with E-state index in [-0.39, 0.29) is 5.78 Å². The highest BCUT2D eigenvalue weighted by Gasteiger charge is 2.37. The van der Waals surface area contributed by atoms with Crippen LogP contribution in [0.3, 0.4) is 0 Å². The molecule has 1 saturated heterocycles. The molecular weight excluding hydrogens is 303 g/mol. The fourth-order valence-corrected chi connectivity index (χ4v) is 2.22. The summed E-state index contributed by atoms with van der Waals surface area (Å²) in [5.41, 5.74) is 0.159. The molecule has 0 saturated carbocycles. The molecule has 0 N–H and O–H groups in total. The van der Waals surface area contributed by atoms with Crippen LogP contribution in [0.15, 0.2) is 24.3 Å². The minimum Gasteiger partial charge on any atom is -0.367 e. The summed E-state index contributed by atoms with van der Waals surface area (Å²) in [7, 11) is 0. The Labute approximate surface area is 103 Å². The van der Waals surface area contributed by atoms with Crippen molar-refractivity contribution in [3.8, 4) is 0 Å². The first-order valence-electron chi connectivity index (χ1n) is 5.06. The maximum Gasteiger partial charge on any atom is 0.194 e. The Morgan fingerprint density at radius 1 is 1.40 bits per heavy atom. The van der Waals surface area contributed by atoms with Crippen molar-refractivity contribution >= 4 is 28.4 Å². The van der Waals surface area contributed by atoms with Gasteiger partial charge in [0.1, 0.15) is 5.60 Å². The van der Waals surface area contributed by atoms with E-state index in [4.69, 9.17) is 4.74 Å². The van der Waals surface area contributed by atoms with Crippen molar-refractivity contribution in [2.75, 3.05) is 6.61 Å². The van der Waals surface area contributed by atoms with Gasteiger partial charge in [0, 0.05) is 15.7 Å². The Morgan fingerprint density at radius 3 is 2.60 bits per heavy atom. The standard InChI is InChI=1S/C12H13IO2/c1-12(7-2-8-15-12)11(14)9-3-5-10(13)6-4-9/h3-6H,2,7-8H2,1H3. The van der Waals surface area contributed by atoms with Crippen molar-refractivity contribution in [1.82, 2.24) is 0 Å². The average Bonchev–Trinajstić information content (AvgIpc) is 2.67. The van der Waals surface area contributed by atoms with Crippen LogP contribution in [0.5, 0.6) is 0 Å². The van der Waals surface area contributed by atoms with Crippen LogP contribution >= 0.6 is 22.6 Å². The van der Waals surface area contributed by atoms with E-state index in [1.807, 2.05) is 31.2 Å². The molecule has 1 atom stereocenters. The molecule has 3 heteroatoms. The Bertz CT molecular complexity index is 364. The lowest BCUT2D eigenvalue weighted by atomic mass is 9.92. The molecule has 15 heavy (non-hydrogen) atoms. The summed E-state index contributed by atoms with van der Waals surface area (Å²) in [4.78, 5) is 12.2. The zero-order chi connectivity index (χ0) is 10.9. The molecule has 1 heterocycles. The predicted molar refractivity (Wildman–Crippen MR) is 67.1 cm³/mol. The summed E-state index contributed by atoms with van der Waals surface area (Å²) in [5.74, 6) is 0.108. The molecule has 1 aromatic rings. The smallest absolute Gasteiger partial charge is 0.194 e. The summed E-state index contributed by atoms with van der Waals surface area (Å²) in [6, 6.07) is 7.65. The summed E-state index contributed by atoms with van der Waals surface area (Å²) < 4.78 is 6.68. The molecule has 0 aromatic heterocycles. The zero-order valence-electron chi connectivity index (χ0n) is 8.63. The van der Waals surface area contributed by atoms with Gasteiger partial charge < -0.3 is 4.74 Å². The van der Waals surface area contributed by atoms with E-state index in [0.717, 1.165) is 22.0 Å². The third-order valence-corrected chi connectivity index (χ3v) is 3.52.